The van der Waals surface area contributed by atoms with Crippen molar-refractivity contribution >= 4 is 5.91 Å². The average Bonchev–Trinajstić information content (AvgIpc) is 2.38. The molecule has 90 valence electrons. The summed E-state index contributed by atoms with van der Waals surface area (Å²) in [6.45, 7) is 3.42. The number of hydrogen-bond acceptors (Lipinski definition) is 3. The first-order valence-corrected chi connectivity index (χ1v) is 5.54. The Labute approximate surface area is 100 Å². The number of amides is 1. The molecular formula is C13H15NO3. The lowest BCUT2D eigenvalue weighted by molar-refractivity contribution is -0.122. The Kier molecular flexibility index (Phi) is 3.65. The molecule has 2 rings (SSSR count). The molecule has 0 atom stereocenters. The van der Waals surface area contributed by atoms with Gasteiger partial charge in [-0.3, -0.25) is 4.79 Å². The maximum Gasteiger partial charge on any atom is 0.289 e. The zero-order chi connectivity index (χ0) is 12.1. The molecule has 0 radical (unpaired) electrons. The van der Waals surface area contributed by atoms with E-state index in [9.17, 15) is 4.79 Å². The molecule has 1 aliphatic rings. The molecule has 1 aromatic carbocycles. The zero-order valence-electron chi connectivity index (χ0n) is 9.73. The zero-order valence-corrected chi connectivity index (χ0v) is 9.73. The van der Waals surface area contributed by atoms with E-state index in [1.165, 1.54) is 6.26 Å². The number of ether oxygens (including phenoxy) is 2. The first kappa shape index (κ1) is 11.5. The molecule has 1 aliphatic heterocycles. The summed E-state index contributed by atoms with van der Waals surface area (Å²) in [6, 6.07) is 7.93. The number of hydrogen-bond donors (Lipinski definition) is 1. The highest BCUT2D eigenvalue weighted by atomic mass is 16.6. The summed E-state index contributed by atoms with van der Waals surface area (Å²) in [5.74, 6) is -0.00205. The Balaban J connectivity index is 1.92. The van der Waals surface area contributed by atoms with Crippen LogP contribution in [0.5, 0.6) is 0 Å². The third-order valence-corrected chi connectivity index (χ3v) is 2.57. The van der Waals surface area contributed by atoms with Crippen LogP contribution in [0.2, 0.25) is 0 Å². The van der Waals surface area contributed by atoms with Gasteiger partial charge in [-0.1, -0.05) is 24.3 Å². The number of carbonyl (C=O) groups is 1. The van der Waals surface area contributed by atoms with Gasteiger partial charge in [-0.25, -0.2) is 0 Å². The van der Waals surface area contributed by atoms with E-state index in [2.05, 4.69) is 5.32 Å². The monoisotopic (exact) mass is 233 g/mol. The second kappa shape index (κ2) is 5.39. The van der Waals surface area contributed by atoms with Crippen LogP contribution in [0.4, 0.5) is 0 Å². The van der Waals surface area contributed by atoms with Crippen LogP contribution in [-0.2, 0) is 20.8 Å². The van der Waals surface area contributed by atoms with E-state index in [4.69, 9.17) is 9.47 Å². The summed E-state index contributed by atoms with van der Waals surface area (Å²) in [6.07, 6.45) is 1.36. The standard InChI is InChI=1S/C13H15NO3/c1-10-4-2-3-5-11(10)8-14-13(15)12-9-16-6-7-17-12/h2-5,9H,6-8H2,1H3,(H,14,15). The number of benzene rings is 1. The fourth-order valence-corrected chi connectivity index (χ4v) is 1.56. The molecule has 0 bridgehead atoms. The van der Waals surface area contributed by atoms with Gasteiger partial charge in [-0.2, -0.15) is 0 Å². The lowest BCUT2D eigenvalue weighted by atomic mass is 10.1. The van der Waals surface area contributed by atoms with Crippen molar-refractivity contribution in [3.05, 3.63) is 47.4 Å². The van der Waals surface area contributed by atoms with Gasteiger partial charge in [0.2, 0.25) is 5.76 Å². The van der Waals surface area contributed by atoms with Crippen molar-refractivity contribution in [2.75, 3.05) is 13.2 Å². The van der Waals surface area contributed by atoms with Gasteiger partial charge < -0.3 is 14.8 Å². The summed E-state index contributed by atoms with van der Waals surface area (Å²) in [5, 5.41) is 2.80. The highest BCUT2D eigenvalue weighted by Gasteiger charge is 2.14. The molecule has 1 aromatic rings. The van der Waals surface area contributed by atoms with Gasteiger partial charge >= 0.3 is 0 Å². The second-order valence-electron chi connectivity index (χ2n) is 3.81. The van der Waals surface area contributed by atoms with Gasteiger partial charge in [0, 0.05) is 6.54 Å². The van der Waals surface area contributed by atoms with Gasteiger partial charge in [-0.15, -0.1) is 0 Å². The lowest BCUT2D eigenvalue weighted by Gasteiger charge is -2.15. The third kappa shape index (κ3) is 3.00. The molecule has 0 aromatic heterocycles. The Morgan fingerprint density at radius 3 is 2.88 bits per heavy atom. The maximum atomic E-state index is 11.7. The smallest absolute Gasteiger partial charge is 0.289 e. The van der Waals surface area contributed by atoms with E-state index in [0.29, 0.717) is 19.8 Å². The van der Waals surface area contributed by atoms with E-state index in [-0.39, 0.29) is 11.7 Å². The maximum absolute atomic E-state index is 11.7. The molecule has 0 unspecified atom stereocenters. The minimum atomic E-state index is -0.243. The predicted octanol–water partition coefficient (Wildman–Crippen LogP) is 1.50. The van der Waals surface area contributed by atoms with Crippen molar-refractivity contribution in [3.8, 4) is 0 Å². The highest BCUT2D eigenvalue weighted by Crippen LogP contribution is 2.08. The van der Waals surface area contributed by atoms with Gasteiger partial charge in [0.05, 0.1) is 0 Å². The summed E-state index contributed by atoms with van der Waals surface area (Å²) < 4.78 is 10.2. The lowest BCUT2D eigenvalue weighted by Crippen LogP contribution is -2.28. The Morgan fingerprint density at radius 2 is 2.18 bits per heavy atom. The van der Waals surface area contributed by atoms with Crippen LogP contribution in [0.15, 0.2) is 36.3 Å². The molecule has 4 heteroatoms. The first-order chi connectivity index (χ1) is 8.27. The van der Waals surface area contributed by atoms with Gasteiger partial charge in [0.1, 0.15) is 19.5 Å². The van der Waals surface area contributed by atoms with Crippen molar-refractivity contribution in [2.45, 2.75) is 13.5 Å². The largest absolute Gasteiger partial charge is 0.494 e. The van der Waals surface area contributed by atoms with E-state index >= 15 is 0 Å². The van der Waals surface area contributed by atoms with Crippen LogP contribution in [0, 0.1) is 6.92 Å². The highest BCUT2D eigenvalue weighted by molar-refractivity contribution is 5.91. The van der Waals surface area contributed by atoms with Crippen LogP contribution in [-0.4, -0.2) is 19.1 Å². The molecule has 1 amide bonds. The number of carbonyl (C=O) groups excluding carboxylic acids is 1. The minimum absolute atomic E-state index is 0.241. The van der Waals surface area contributed by atoms with Crippen LogP contribution >= 0.6 is 0 Å². The van der Waals surface area contributed by atoms with E-state index in [0.717, 1.165) is 11.1 Å². The average molecular weight is 233 g/mol. The quantitative estimate of drug-likeness (QED) is 0.860. The van der Waals surface area contributed by atoms with E-state index in [1.807, 2.05) is 31.2 Å². The fraction of sp³-hybridized carbons (Fsp3) is 0.308. The molecule has 1 heterocycles. The molecule has 0 spiro atoms. The van der Waals surface area contributed by atoms with Crippen LogP contribution in [0.1, 0.15) is 11.1 Å². The van der Waals surface area contributed by atoms with Crippen LogP contribution < -0.4 is 5.32 Å². The van der Waals surface area contributed by atoms with Crippen LogP contribution in [0.25, 0.3) is 0 Å². The van der Waals surface area contributed by atoms with Crippen LogP contribution in [0.3, 0.4) is 0 Å². The van der Waals surface area contributed by atoms with Crippen molar-refractivity contribution in [1.29, 1.82) is 0 Å². The summed E-state index contributed by atoms with van der Waals surface area (Å²) in [5.41, 5.74) is 2.25. The normalized spacial score (nSPS) is 14.3. The molecule has 0 saturated heterocycles. The minimum Gasteiger partial charge on any atom is -0.494 e. The molecule has 0 saturated carbocycles. The molecular weight excluding hydrogens is 218 g/mol. The third-order valence-electron chi connectivity index (χ3n) is 2.57. The molecule has 17 heavy (non-hydrogen) atoms. The SMILES string of the molecule is Cc1ccccc1CNC(=O)C1=COCCO1. The number of nitrogens with one attached hydrogen (secondary N) is 1. The second-order valence-corrected chi connectivity index (χ2v) is 3.81. The van der Waals surface area contributed by atoms with E-state index in [1.54, 1.807) is 0 Å². The van der Waals surface area contributed by atoms with Gasteiger partial charge in [0.15, 0.2) is 0 Å². The molecule has 0 aliphatic carbocycles. The number of rotatable bonds is 3. The predicted molar refractivity (Wildman–Crippen MR) is 63.0 cm³/mol. The molecule has 4 nitrogen and oxygen atoms in total. The van der Waals surface area contributed by atoms with E-state index < -0.39 is 0 Å². The fourth-order valence-electron chi connectivity index (χ4n) is 1.56. The topological polar surface area (TPSA) is 47.6 Å². The molecule has 1 N–H and O–H groups in total. The van der Waals surface area contributed by atoms with Crippen molar-refractivity contribution in [3.63, 3.8) is 0 Å². The summed E-state index contributed by atoms with van der Waals surface area (Å²) >= 11 is 0. The summed E-state index contributed by atoms with van der Waals surface area (Å²) in [4.78, 5) is 11.7. The number of aryl methyl sites for hydroxylation is 1. The Bertz CT molecular complexity index is 440. The molecule has 0 fully saturated rings. The van der Waals surface area contributed by atoms with Crippen molar-refractivity contribution in [2.24, 2.45) is 0 Å². The Hall–Kier alpha value is -1.97. The summed E-state index contributed by atoms with van der Waals surface area (Å²) in [7, 11) is 0. The Morgan fingerprint density at radius 1 is 1.35 bits per heavy atom. The van der Waals surface area contributed by atoms with Crippen molar-refractivity contribution in [1.82, 2.24) is 5.32 Å². The first-order valence-electron chi connectivity index (χ1n) is 5.54. The van der Waals surface area contributed by atoms with Crippen molar-refractivity contribution < 1.29 is 14.3 Å². The van der Waals surface area contributed by atoms with Gasteiger partial charge in [-0.05, 0) is 18.1 Å². The van der Waals surface area contributed by atoms with Gasteiger partial charge in [0.25, 0.3) is 5.91 Å².